The first-order chi connectivity index (χ1) is 9.28. The van der Waals surface area contributed by atoms with E-state index in [0.29, 0.717) is 11.7 Å². The number of methoxy groups -OCH3 is 1. The van der Waals surface area contributed by atoms with Crippen molar-refractivity contribution in [1.82, 2.24) is 9.97 Å². The van der Waals surface area contributed by atoms with Crippen molar-refractivity contribution >= 4 is 5.82 Å². The molecular formula is C14H24N4O. The first-order valence-corrected chi connectivity index (χ1v) is 7.16. The summed E-state index contributed by atoms with van der Waals surface area (Å²) >= 11 is 0. The molecule has 0 amide bonds. The number of hydrogen-bond donors (Lipinski definition) is 2. The fourth-order valence-electron chi connectivity index (χ4n) is 2.75. The zero-order valence-corrected chi connectivity index (χ0v) is 11.9. The van der Waals surface area contributed by atoms with E-state index in [0.717, 1.165) is 24.4 Å². The molecule has 5 heteroatoms. The molecular weight excluding hydrogens is 240 g/mol. The third kappa shape index (κ3) is 3.42. The summed E-state index contributed by atoms with van der Waals surface area (Å²) in [7, 11) is 1.71. The summed E-state index contributed by atoms with van der Waals surface area (Å²) < 4.78 is 5.50. The van der Waals surface area contributed by atoms with Crippen LogP contribution in [0.15, 0.2) is 6.07 Å². The molecule has 1 saturated carbocycles. The summed E-state index contributed by atoms with van der Waals surface area (Å²) in [6.07, 6.45) is 6.93. The maximum absolute atomic E-state index is 5.52. The Morgan fingerprint density at radius 3 is 2.74 bits per heavy atom. The molecule has 3 N–H and O–H groups in total. The SMILES string of the molecule is CCCC(OC)c1nc(NN)cc(C2CCCC2)n1. The van der Waals surface area contributed by atoms with Gasteiger partial charge < -0.3 is 10.2 Å². The van der Waals surface area contributed by atoms with Crippen molar-refractivity contribution in [2.75, 3.05) is 12.5 Å². The molecule has 0 saturated heterocycles. The molecule has 5 nitrogen and oxygen atoms in total. The summed E-state index contributed by atoms with van der Waals surface area (Å²) in [5.74, 6) is 7.51. The van der Waals surface area contributed by atoms with Gasteiger partial charge in [0, 0.05) is 24.8 Å². The molecule has 19 heavy (non-hydrogen) atoms. The van der Waals surface area contributed by atoms with Crippen LogP contribution in [0.5, 0.6) is 0 Å². The maximum atomic E-state index is 5.52. The summed E-state index contributed by atoms with van der Waals surface area (Å²) in [5, 5.41) is 0. The van der Waals surface area contributed by atoms with Gasteiger partial charge in [-0.05, 0) is 19.3 Å². The largest absolute Gasteiger partial charge is 0.373 e. The molecule has 1 unspecified atom stereocenters. The van der Waals surface area contributed by atoms with Crippen LogP contribution in [0.2, 0.25) is 0 Å². The molecule has 0 radical (unpaired) electrons. The second kappa shape index (κ2) is 6.82. The van der Waals surface area contributed by atoms with Crippen molar-refractivity contribution in [2.24, 2.45) is 5.84 Å². The number of aromatic nitrogens is 2. The van der Waals surface area contributed by atoms with Crippen LogP contribution in [0.3, 0.4) is 0 Å². The smallest absolute Gasteiger partial charge is 0.159 e. The van der Waals surface area contributed by atoms with E-state index < -0.39 is 0 Å². The number of ether oxygens (including phenoxy) is 1. The fourth-order valence-corrected chi connectivity index (χ4v) is 2.75. The van der Waals surface area contributed by atoms with E-state index in [1.54, 1.807) is 7.11 Å². The van der Waals surface area contributed by atoms with Crippen molar-refractivity contribution in [3.05, 3.63) is 17.6 Å². The molecule has 1 aliphatic carbocycles. The molecule has 1 atom stereocenters. The fraction of sp³-hybridized carbons (Fsp3) is 0.714. The van der Waals surface area contributed by atoms with Crippen LogP contribution in [0.4, 0.5) is 5.82 Å². The van der Waals surface area contributed by atoms with Gasteiger partial charge in [0.2, 0.25) is 0 Å². The van der Waals surface area contributed by atoms with Gasteiger partial charge in [-0.2, -0.15) is 0 Å². The number of hydrogen-bond acceptors (Lipinski definition) is 5. The van der Waals surface area contributed by atoms with Crippen molar-refractivity contribution < 1.29 is 4.74 Å². The molecule has 106 valence electrons. The van der Waals surface area contributed by atoms with Crippen molar-refractivity contribution in [3.63, 3.8) is 0 Å². The maximum Gasteiger partial charge on any atom is 0.159 e. The highest BCUT2D eigenvalue weighted by Crippen LogP contribution is 2.34. The highest BCUT2D eigenvalue weighted by Gasteiger charge is 2.22. The third-order valence-electron chi connectivity index (χ3n) is 3.81. The van der Waals surface area contributed by atoms with Crippen molar-refractivity contribution in [1.29, 1.82) is 0 Å². The summed E-state index contributed by atoms with van der Waals surface area (Å²) in [6.45, 7) is 2.13. The van der Waals surface area contributed by atoms with Gasteiger partial charge in [-0.25, -0.2) is 15.8 Å². The molecule has 1 heterocycles. The van der Waals surface area contributed by atoms with Gasteiger partial charge in [-0.15, -0.1) is 0 Å². The average molecular weight is 264 g/mol. The van der Waals surface area contributed by atoms with Crippen LogP contribution in [-0.4, -0.2) is 17.1 Å². The third-order valence-corrected chi connectivity index (χ3v) is 3.81. The Morgan fingerprint density at radius 1 is 1.42 bits per heavy atom. The average Bonchev–Trinajstić information content (AvgIpc) is 2.98. The summed E-state index contributed by atoms with van der Waals surface area (Å²) in [6, 6.07) is 1.97. The van der Waals surface area contributed by atoms with E-state index in [1.165, 1.54) is 25.7 Å². The Morgan fingerprint density at radius 2 is 2.16 bits per heavy atom. The normalized spacial score (nSPS) is 17.6. The first kappa shape index (κ1) is 14.2. The Kier molecular flexibility index (Phi) is 5.10. The Hall–Kier alpha value is -1.20. The molecule has 0 spiro atoms. The van der Waals surface area contributed by atoms with Gasteiger partial charge in [-0.3, -0.25) is 0 Å². The minimum atomic E-state index is -0.0431. The van der Waals surface area contributed by atoms with Crippen LogP contribution in [-0.2, 0) is 4.74 Å². The molecule has 2 rings (SSSR count). The Bertz CT molecular complexity index is 404. The molecule has 0 aliphatic heterocycles. The number of anilines is 1. The van der Waals surface area contributed by atoms with E-state index in [2.05, 4.69) is 17.3 Å². The molecule has 1 aromatic heterocycles. The number of rotatable bonds is 6. The van der Waals surface area contributed by atoms with E-state index in [1.807, 2.05) is 6.07 Å². The number of nitrogens with zero attached hydrogens (tertiary/aromatic N) is 2. The van der Waals surface area contributed by atoms with Gasteiger partial charge in [0.1, 0.15) is 11.9 Å². The standard InChI is InChI=1S/C14H24N4O/c1-3-6-12(19-2)14-16-11(9-13(17-14)18-15)10-7-4-5-8-10/h9-10,12H,3-8,15H2,1-2H3,(H,16,17,18). The van der Waals surface area contributed by atoms with Crippen LogP contribution in [0.1, 0.15) is 69.0 Å². The zero-order valence-electron chi connectivity index (χ0n) is 11.9. The van der Waals surface area contributed by atoms with Gasteiger partial charge in [0.05, 0.1) is 0 Å². The van der Waals surface area contributed by atoms with Gasteiger partial charge in [-0.1, -0.05) is 26.2 Å². The predicted molar refractivity (Wildman–Crippen MR) is 75.7 cm³/mol. The second-order valence-corrected chi connectivity index (χ2v) is 5.17. The van der Waals surface area contributed by atoms with E-state index in [9.17, 15) is 0 Å². The summed E-state index contributed by atoms with van der Waals surface area (Å²) in [5.41, 5.74) is 3.75. The lowest BCUT2D eigenvalue weighted by atomic mass is 10.0. The molecule has 1 aromatic rings. The van der Waals surface area contributed by atoms with Gasteiger partial charge >= 0.3 is 0 Å². The topological polar surface area (TPSA) is 73.1 Å². The first-order valence-electron chi connectivity index (χ1n) is 7.16. The van der Waals surface area contributed by atoms with Crippen molar-refractivity contribution in [2.45, 2.75) is 57.5 Å². The van der Waals surface area contributed by atoms with Crippen LogP contribution >= 0.6 is 0 Å². The summed E-state index contributed by atoms with van der Waals surface area (Å²) in [4.78, 5) is 9.16. The predicted octanol–water partition coefficient (Wildman–Crippen LogP) is 2.91. The quantitative estimate of drug-likeness (QED) is 0.610. The molecule has 0 aromatic carbocycles. The number of nitrogens with one attached hydrogen (secondary N) is 1. The number of nitrogens with two attached hydrogens (primary N) is 1. The van der Waals surface area contributed by atoms with Crippen molar-refractivity contribution in [3.8, 4) is 0 Å². The highest BCUT2D eigenvalue weighted by atomic mass is 16.5. The van der Waals surface area contributed by atoms with Crippen LogP contribution in [0, 0.1) is 0 Å². The Labute approximate surface area is 114 Å². The monoisotopic (exact) mass is 264 g/mol. The van der Waals surface area contributed by atoms with Crippen LogP contribution < -0.4 is 11.3 Å². The minimum Gasteiger partial charge on any atom is -0.373 e. The zero-order chi connectivity index (χ0) is 13.7. The van der Waals surface area contributed by atoms with Crippen LogP contribution in [0.25, 0.3) is 0 Å². The highest BCUT2D eigenvalue weighted by molar-refractivity contribution is 5.36. The molecule has 1 fully saturated rings. The van der Waals surface area contributed by atoms with Gasteiger partial charge in [0.15, 0.2) is 5.82 Å². The lowest BCUT2D eigenvalue weighted by molar-refractivity contribution is 0.0874. The molecule has 1 aliphatic rings. The number of nitrogen functional groups attached to an aromatic ring is 1. The Balaban J connectivity index is 2.28. The lowest BCUT2D eigenvalue weighted by Crippen LogP contribution is -2.15. The van der Waals surface area contributed by atoms with E-state index >= 15 is 0 Å². The van der Waals surface area contributed by atoms with Gasteiger partial charge in [0.25, 0.3) is 0 Å². The minimum absolute atomic E-state index is 0.0431. The second-order valence-electron chi connectivity index (χ2n) is 5.17. The van der Waals surface area contributed by atoms with E-state index in [4.69, 9.17) is 15.6 Å². The lowest BCUT2D eigenvalue weighted by Gasteiger charge is -2.17. The van der Waals surface area contributed by atoms with E-state index in [-0.39, 0.29) is 6.10 Å². The number of hydrazine groups is 1. The molecule has 0 bridgehead atoms.